The van der Waals surface area contributed by atoms with Crippen LogP contribution in [0.5, 0.6) is 0 Å². The van der Waals surface area contributed by atoms with Crippen molar-refractivity contribution in [3.05, 3.63) is 39.6 Å². The second-order valence-electron chi connectivity index (χ2n) is 5.41. The summed E-state index contributed by atoms with van der Waals surface area (Å²) < 4.78 is 5.24. The molecule has 20 heavy (non-hydrogen) atoms. The van der Waals surface area contributed by atoms with Gasteiger partial charge in [0.2, 0.25) is 0 Å². The largest absolute Gasteiger partial charge is 0.477 e. The zero-order valence-corrected chi connectivity index (χ0v) is 12.7. The van der Waals surface area contributed by atoms with Crippen LogP contribution in [0.3, 0.4) is 0 Å². The van der Waals surface area contributed by atoms with E-state index in [-0.39, 0.29) is 11.3 Å². The predicted molar refractivity (Wildman–Crippen MR) is 77.6 cm³/mol. The van der Waals surface area contributed by atoms with E-state index in [1.165, 1.54) is 6.07 Å². The first kappa shape index (κ1) is 14.9. The number of aromatic carboxylic acids is 1. The van der Waals surface area contributed by atoms with Crippen molar-refractivity contribution in [3.63, 3.8) is 0 Å². The maximum atomic E-state index is 11.5. The van der Waals surface area contributed by atoms with Crippen LogP contribution < -0.4 is 0 Å². The van der Waals surface area contributed by atoms with Crippen LogP contribution in [-0.2, 0) is 5.41 Å². The molecule has 0 unspecified atom stereocenters. The molecule has 0 saturated carbocycles. The summed E-state index contributed by atoms with van der Waals surface area (Å²) in [4.78, 5) is 11.5. The van der Waals surface area contributed by atoms with Crippen LogP contribution in [0, 0.1) is 0 Å². The van der Waals surface area contributed by atoms with Crippen molar-refractivity contribution in [2.45, 2.75) is 26.2 Å². The highest BCUT2D eigenvalue weighted by Gasteiger charge is 2.31. The molecule has 106 valence electrons. The fourth-order valence-corrected chi connectivity index (χ4v) is 2.36. The number of rotatable bonds is 2. The van der Waals surface area contributed by atoms with Gasteiger partial charge in [-0.3, -0.25) is 0 Å². The molecule has 0 aliphatic rings. The molecule has 0 radical (unpaired) electrons. The summed E-state index contributed by atoms with van der Waals surface area (Å²) >= 11 is 11.9. The van der Waals surface area contributed by atoms with Gasteiger partial charge in [0.15, 0.2) is 5.76 Å². The molecule has 0 saturated heterocycles. The number of hydrogen-bond acceptors (Lipinski definition) is 3. The number of aromatic nitrogens is 1. The van der Waals surface area contributed by atoms with Gasteiger partial charge in [-0.15, -0.1) is 0 Å². The number of carbonyl (C=O) groups is 1. The van der Waals surface area contributed by atoms with Crippen molar-refractivity contribution in [1.29, 1.82) is 0 Å². The monoisotopic (exact) mass is 313 g/mol. The maximum Gasteiger partial charge on any atom is 0.341 e. The molecular weight excluding hydrogens is 301 g/mol. The summed E-state index contributed by atoms with van der Waals surface area (Å²) in [5.41, 5.74) is 0.247. The summed E-state index contributed by atoms with van der Waals surface area (Å²) in [5.74, 6) is -0.789. The van der Waals surface area contributed by atoms with E-state index < -0.39 is 11.4 Å². The fraction of sp³-hybridized carbons (Fsp3) is 0.286. The molecule has 0 aliphatic carbocycles. The van der Waals surface area contributed by atoms with Crippen molar-refractivity contribution < 1.29 is 14.4 Å². The molecule has 0 atom stereocenters. The van der Waals surface area contributed by atoms with E-state index in [9.17, 15) is 9.90 Å². The maximum absolute atomic E-state index is 11.5. The van der Waals surface area contributed by atoms with Gasteiger partial charge < -0.3 is 9.63 Å². The van der Waals surface area contributed by atoms with E-state index >= 15 is 0 Å². The molecule has 2 rings (SSSR count). The first-order chi connectivity index (χ1) is 9.21. The van der Waals surface area contributed by atoms with Crippen LogP contribution >= 0.6 is 23.2 Å². The van der Waals surface area contributed by atoms with E-state index in [1.807, 2.05) is 20.8 Å². The Labute approximate surface area is 126 Å². The third kappa shape index (κ3) is 2.67. The molecule has 0 bridgehead atoms. The van der Waals surface area contributed by atoms with Crippen molar-refractivity contribution in [1.82, 2.24) is 5.16 Å². The summed E-state index contributed by atoms with van der Waals surface area (Å²) in [7, 11) is 0. The van der Waals surface area contributed by atoms with Crippen LogP contribution in [0.4, 0.5) is 0 Å². The standard InChI is InChI=1S/C14H13Cl2NO3/c1-14(2,3)12-10(13(18)19)11(17-20-12)8-5-4-7(15)6-9(8)16/h4-6H,1-3H3,(H,18,19). The highest BCUT2D eigenvalue weighted by molar-refractivity contribution is 6.36. The first-order valence-electron chi connectivity index (χ1n) is 5.90. The Kier molecular flexibility index (Phi) is 3.80. The molecule has 1 aromatic carbocycles. The lowest BCUT2D eigenvalue weighted by atomic mass is 9.89. The molecule has 2 aromatic rings. The summed E-state index contributed by atoms with van der Waals surface area (Å²) in [6.07, 6.45) is 0. The second kappa shape index (κ2) is 5.11. The number of benzene rings is 1. The SMILES string of the molecule is CC(C)(C)c1onc(-c2ccc(Cl)cc2Cl)c1C(=O)O. The molecule has 1 heterocycles. The quantitative estimate of drug-likeness (QED) is 0.877. The van der Waals surface area contributed by atoms with Crippen LogP contribution in [-0.4, -0.2) is 16.2 Å². The number of carboxylic acids is 1. The van der Waals surface area contributed by atoms with Gasteiger partial charge in [-0.1, -0.05) is 49.1 Å². The van der Waals surface area contributed by atoms with Crippen molar-refractivity contribution in [2.75, 3.05) is 0 Å². The number of carboxylic acid groups (broad SMARTS) is 1. The molecule has 1 aromatic heterocycles. The zero-order chi connectivity index (χ0) is 15.1. The second-order valence-corrected chi connectivity index (χ2v) is 6.26. The smallest absolute Gasteiger partial charge is 0.341 e. The third-order valence-electron chi connectivity index (χ3n) is 2.77. The normalized spacial score (nSPS) is 11.7. The van der Waals surface area contributed by atoms with Gasteiger partial charge in [-0.25, -0.2) is 4.79 Å². The van der Waals surface area contributed by atoms with E-state index in [1.54, 1.807) is 12.1 Å². The van der Waals surface area contributed by atoms with Crippen molar-refractivity contribution >= 4 is 29.2 Å². The van der Waals surface area contributed by atoms with Crippen molar-refractivity contribution in [2.24, 2.45) is 0 Å². The van der Waals surface area contributed by atoms with Gasteiger partial charge >= 0.3 is 5.97 Å². The lowest BCUT2D eigenvalue weighted by Crippen LogP contribution is -2.15. The highest BCUT2D eigenvalue weighted by atomic mass is 35.5. The molecular formula is C14H13Cl2NO3. The van der Waals surface area contributed by atoms with E-state index in [2.05, 4.69) is 5.16 Å². The van der Waals surface area contributed by atoms with Gasteiger partial charge in [0, 0.05) is 16.0 Å². The Morgan fingerprint density at radius 2 is 1.95 bits per heavy atom. The number of halogens is 2. The van der Waals surface area contributed by atoms with Gasteiger partial charge in [0.05, 0.1) is 5.02 Å². The number of hydrogen-bond donors (Lipinski definition) is 1. The third-order valence-corrected chi connectivity index (χ3v) is 3.32. The molecule has 0 amide bonds. The minimum atomic E-state index is -1.10. The Bertz CT molecular complexity index is 672. The van der Waals surface area contributed by atoms with Crippen LogP contribution in [0.25, 0.3) is 11.3 Å². The van der Waals surface area contributed by atoms with Gasteiger partial charge in [-0.2, -0.15) is 0 Å². The van der Waals surface area contributed by atoms with Gasteiger partial charge in [-0.05, 0) is 18.2 Å². The van der Waals surface area contributed by atoms with E-state index in [0.29, 0.717) is 21.4 Å². The molecule has 0 spiro atoms. The molecule has 1 N–H and O–H groups in total. The fourth-order valence-electron chi connectivity index (χ4n) is 1.87. The molecule has 0 aliphatic heterocycles. The van der Waals surface area contributed by atoms with E-state index in [4.69, 9.17) is 27.7 Å². The number of nitrogens with zero attached hydrogens (tertiary/aromatic N) is 1. The average molecular weight is 314 g/mol. The lowest BCUT2D eigenvalue weighted by Gasteiger charge is -2.14. The minimum absolute atomic E-state index is 0.0294. The minimum Gasteiger partial charge on any atom is -0.477 e. The predicted octanol–water partition coefficient (Wildman–Crippen LogP) is 4.64. The Morgan fingerprint density at radius 3 is 2.45 bits per heavy atom. The zero-order valence-electron chi connectivity index (χ0n) is 11.2. The van der Waals surface area contributed by atoms with Crippen LogP contribution in [0.2, 0.25) is 10.0 Å². The van der Waals surface area contributed by atoms with Gasteiger partial charge in [0.1, 0.15) is 11.3 Å². The average Bonchev–Trinajstić information content (AvgIpc) is 2.72. The highest BCUT2D eigenvalue weighted by Crippen LogP contribution is 2.36. The van der Waals surface area contributed by atoms with Crippen LogP contribution in [0.15, 0.2) is 22.7 Å². The Balaban J connectivity index is 2.69. The van der Waals surface area contributed by atoms with Crippen LogP contribution in [0.1, 0.15) is 36.9 Å². The Hall–Kier alpha value is -1.52. The first-order valence-corrected chi connectivity index (χ1v) is 6.66. The molecule has 0 fully saturated rings. The topological polar surface area (TPSA) is 63.3 Å². The molecule has 4 nitrogen and oxygen atoms in total. The Morgan fingerprint density at radius 1 is 1.30 bits per heavy atom. The summed E-state index contributed by atoms with van der Waals surface area (Å²) in [6, 6.07) is 4.79. The van der Waals surface area contributed by atoms with E-state index in [0.717, 1.165) is 0 Å². The summed E-state index contributed by atoms with van der Waals surface area (Å²) in [6.45, 7) is 5.56. The summed E-state index contributed by atoms with van der Waals surface area (Å²) in [5, 5.41) is 14.1. The lowest BCUT2D eigenvalue weighted by molar-refractivity contribution is 0.0693. The molecule has 6 heteroatoms. The van der Waals surface area contributed by atoms with Crippen molar-refractivity contribution in [3.8, 4) is 11.3 Å². The van der Waals surface area contributed by atoms with Gasteiger partial charge in [0.25, 0.3) is 0 Å².